The summed E-state index contributed by atoms with van der Waals surface area (Å²) in [7, 11) is 0. The molecule has 0 aromatic carbocycles. The fourth-order valence-corrected chi connectivity index (χ4v) is 3.17. The Morgan fingerprint density at radius 2 is 2.21 bits per heavy atom. The number of hydroxylamine groups is 2. The van der Waals surface area contributed by atoms with Crippen LogP contribution in [-0.4, -0.2) is 51.3 Å². The van der Waals surface area contributed by atoms with Crippen LogP contribution in [0.1, 0.15) is 51.3 Å². The summed E-state index contributed by atoms with van der Waals surface area (Å²) in [6.45, 7) is 6.28. The summed E-state index contributed by atoms with van der Waals surface area (Å²) in [5.74, 6) is 0.484. The first-order chi connectivity index (χ1) is 11.6. The van der Waals surface area contributed by atoms with E-state index in [0.29, 0.717) is 38.6 Å². The average molecular weight is 334 g/mol. The first kappa shape index (κ1) is 17.0. The van der Waals surface area contributed by atoms with Crippen molar-refractivity contribution in [2.75, 3.05) is 19.7 Å². The summed E-state index contributed by atoms with van der Waals surface area (Å²) < 4.78 is 1.74. The lowest BCUT2D eigenvalue weighted by molar-refractivity contribution is -0.201. The van der Waals surface area contributed by atoms with Crippen molar-refractivity contribution in [3.05, 3.63) is 18.0 Å². The Balaban J connectivity index is 1.73. The number of hydrogen-bond acceptors (Lipinski definition) is 4. The normalized spacial score (nSPS) is 21.0. The quantitative estimate of drug-likeness (QED) is 0.841. The summed E-state index contributed by atoms with van der Waals surface area (Å²) in [5, 5.41) is 5.74. The lowest BCUT2D eigenvalue weighted by Crippen LogP contribution is -2.49. The highest BCUT2D eigenvalue weighted by atomic mass is 16.7. The molecule has 0 N–H and O–H groups in total. The number of nitrogens with zero attached hydrogens (tertiary/aromatic N) is 4. The van der Waals surface area contributed by atoms with Crippen molar-refractivity contribution < 1.29 is 14.4 Å². The van der Waals surface area contributed by atoms with Crippen LogP contribution < -0.4 is 0 Å². The van der Waals surface area contributed by atoms with Crippen LogP contribution in [0.2, 0.25) is 0 Å². The first-order valence-electron chi connectivity index (χ1n) is 8.80. The molecule has 0 radical (unpaired) electrons. The second-order valence-electron chi connectivity index (χ2n) is 6.97. The molecule has 7 heteroatoms. The third-order valence-corrected chi connectivity index (χ3v) is 4.62. The van der Waals surface area contributed by atoms with Crippen molar-refractivity contribution in [2.45, 2.75) is 52.1 Å². The topological polar surface area (TPSA) is 67.7 Å². The monoisotopic (exact) mass is 334 g/mol. The summed E-state index contributed by atoms with van der Waals surface area (Å²) >= 11 is 0. The Hall–Kier alpha value is -1.89. The average Bonchev–Trinajstić information content (AvgIpc) is 3.07. The molecule has 0 unspecified atom stereocenters. The number of fused-ring (bicyclic) bond motifs is 1. The van der Waals surface area contributed by atoms with Crippen molar-refractivity contribution in [3.63, 3.8) is 0 Å². The first-order valence-corrected chi connectivity index (χ1v) is 8.80. The van der Waals surface area contributed by atoms with Gasteiger partial charge in [0.1, 0.15) is 0 Å². The van der Waals surface area contributed by atoms with Crippen LogP contribution in [0.25, 0.3) is 0 Å². The predicted molar refractivity (Wildman–Crippen MR) is 87.7 cm³/mol. The Morgan fingerprint density at radius 3 is 2.92 bits per heavy atom. The van der Waals surface area contributed by atoms with E-state index in [2.05, 4.69) is 18.9 Å². The van der Waals surface area contributed by atoms with Gasteiger partial charge in [0.05, 0.1) is 25.4 Å². The minimum atomic E-state index is -0.496. The molecule has 3 rings (SSSR count). The van der Waals surface area contributed by atoms with E-state index in [1.54, 1.807) is 15.8 Å². The van der Waals surface area contributed by atoms with Gasteiger partial charge in [0.25, 0.3) is 5.91 Å². The molecule has 132 valence electrons. The molecule has 2 aliphatic rings. The van der Waals surface area contributed by atoms with Gasteiger partial charge < -0.3 is 4.90 Å². The molecule has 1 aromatic rings. The van der Waals surface area contributed by atoms with Crippen molar-refractivity contribution >= 4 is 11.8 Å². The number of rotatable bonds is 4. The van der Waals surface area contributed by atoms with E-state index < -0.39 is 6.04 Å². The second-order valence-corrected chi connectivity index (χ2v) is 6.97. The highest BCUT2D eigenvalue weighted by Gasteiger charge is 2.36. The molecule has 3 heterocycles. The van der Waals surface area contributed by atoms with Gasteiger partial charge in [0.15, 0.2) is 6.04 Å². The van der Waals surface area contributed by atoms with Gasteiger partial charge in [-0.15, -0.1) is 0 Å². The predicted octanol–water partition coefficient (Wildman–Crippen LogP) is 1.76. The van der Waals surface area contributed by atoms with Crippen LogP contribution in [0.15, 0.2) is 12.3 Å². The molecule has 1 fully saturated rings. The van der Waals surface area contributed by atoms with Gasteiger partial charge in [0.2, 0.25) is 5.91 Å². The summed E-state index contributed by atoms with van der Waals surface area (Å²) in [5.41, 5.74) is 0.898. The van der Waals surface area contributed by atoms with Crippen molar-refractivity contribution in [2.24, 2.45) is 5.92 Å². The molecule has 7 nitrogen and oxygen atoms in total. The molecule has 0 aliphatic carbocycles. The summed E-state index contributed by atoms with van der Waals surface area (Å²) in [4.78, 5) is 32.7. The SMILES string of the molecule is CC(C)CCC(=O)N1Cc2ccnn2[C@@H](C(=O)N2CCCCO2)C1. The summed E-state index contributed by atoms with van der Waals surface area (Å²) in [6, 6.07) is 1.38. The zero-order valence-corrected chi connectivity index (χ0v) is 14.5. The fourth-order valence-electron chi connectivity index (χ4n) is 3.17. The maximum Gasteiger partial charge on any atom is 0.272 e. The van der Waals surface area contributed by atoms with Gasteiger partial charge >= 0.3 is 0 Å². The molecule has 1 saturated heterocycles. The molecular formula is C17H26N4O3. The summed E-state index contributed by atoms with van der Waals surface area (Å²) in [6.07, 6.45) is 4.99. The van der Waals surface area contributed by atoms with Gasteiger partial charge in [0, 0.05) is 19.2 Å². The largest absolute Gasteiger partial charge is 0.334 e. The van der Waals surface area contributed by atoms with Crippen LogP contribution in [0.3, 0.4) is 0 Å². The van der Waals surface area contributed by atoms with Gasteiger partial charge in [-0.3, -0.25) is 19.1 Å². The zero-order valence-electron chi connectivity index (χ0n) is 14.5. The van der Waals surface area contributed by atoms with Gasteiger partial charge in [-0.05, 0) is 31.2 Å². The van der Waals surface area contributed by atoms with Crippen LogP contribution in [0.4, 0.5) is 0 Å². The van der Waals surface area contributed by atoms with Crippen LogP contribution in [0.5, 0.6) is 0 Å². The maximum atomic E-state index is 12.9. The fraction of sp³-hybridized carbons (Fsp3) is 0.706. The lowest BCUT2D eigenvalue weighted by atomic mass is 10.1. The Kier molecular flexibility index (Phi) is 5.18. The number of carbonyl (C=O) groups is 2. The molecule has 2 amide bonds. The molecule has 0 spiro atoms. The second kappa shape index (κ2) is 7.34. The minimum Gasteiger partial charge on any atom is -0.334 e. The molecule has 0 saturated carbocycles. The van der Waals surface area contributed by atoms with E-state index in [0.717, 1.165) is 25.0 Å². The Morgan fingerprint density at radius 1 is 1.38 bits per heavy atom. The van der Waals surface area contributed by atoms with Gasteiger partial charge in [-0.2, -0.15) is 5.10 Å². The Labute approximate surface area is 142 Å². The van der Waals surface area contributed by atoms with E-state index in [9.17, 15) is 9.59 Å². The lowest BCUT2D eigenvalue weighted by Gasteiger charge is -2.36. The zero-order chi connectivity index (χ0) is 17.1. The molecule has 1 aromatic heterocycles. The smallest absolute Gasteiger partial charge is 0.272 e. The van der Waals surface area contributed by atoms with E-state index in [4.69, 9.17) is 4.84 Å². The van der Waals surface area contributed by atoms with Gasteiger partial charge in [-0.1, -0.05) is 13.8 Å². The van der Waals surface area contributed by atoms with Crippen molar-refractivity contribution in [1.29, 1.82) is 0 Å². The minimum absolute atomic E-state index is 0.105. The number of aromatic nitrogens is 2. The van der Waals surface area contributed by atoms with E-state index in [1.165, 1.54) is 5.06 Å². The molecule has 0 bridgehead atoms. The Bertz CT molecular complexity index is 592. The van der Waals surface area contributed by atoms with Crippen molar-refractivity contribution in [3.8, 4) is 0 Å². The molecule has 24 heavy (non-hydrogen) atoms. The highest BCUT2D eigenvalue weighted by Crippen LogP contribution is 2.24. The molecule has 1 atom stereocenters. The number of hydrogen-bond donors (Lipinski definition) is 0. The standard InChI is InChI=1S/C17H26N4O3/c1-13(2)5-6-16(22)19-11-14-7-8-18-21(14)15(12-19)17(23)20-9-3-4-10-24-20/h7-8,13,15H,3-6,9-12H2,1-2H3/t15-/m1/s1. The highest BCUT2D eigenvalue weighted by molar-refractivity contribution is 5.82. The van der Waals surface area contributed by atoms with E-state index in [1.807, 2.05) is 6.07 Å². The number of carbonyl (C=O) groups excluding carboxylic acids is 2. The third-order valence-electron chi connectivity index (χ3n) is 4.62. The van der Waals surface area contributed by atoms with Crippen LogP contribution >= 0.6 is 0 Å². The van der Waals surface area contributed by atoms with Crippen LogP contribution in [0, 0.1) is 5.92 Å². The van der Waals surface area contributed by atoms with Crippen LogP contribution in [-0.2, 0) is 21.0 Å². The molecule has 2 aliphatic heterocycles. The van der Waals surface area contributed by atoms with E-state index >= 15 is 0 Å². The van der Waals surface area contributed by atoms with E-state index in [-0.39, 0.29) is 11.8 Å². The maximum absolute atomic E-state index is 12.9. The van der Waals surface area contributed by atoms with Crippen molar-refractivity contribution in [1.82, 2.24) is 19.7 Å². The number of amides is 2. The molecular weight excluding hydrogens is 308 g/mol. The third kappa shape index (κ3) is 3.61. The van der Waals surface area contributed by atoms with Gasteiger partial charge in [-0.25, -0.2) is 5.06 Å².